The molecule has 0 fully saturated rings. The molecule has 140 valence electrons. The Hall–Kier alpha value is -2.46. The van der Waals surface area contributed by atoms with Gasteiger partial charge in [-0.15, -0.1) is 0 Å². The van der Waals surface area contributed by atoms with Crippen LogP contribution in [-0.4, -0.2) is 23.9 Å². The number of thiazole rings is 1. The van der Waals surface area contributed by atoms with Gasteiger partial charge in [-0.3, -0.25) is 4.79 Å². The van der Waals surface area contributed by atoms with Gasteiger partial charge in [-0.25, -0.2) is 4.98 Å². The van der Waals surface area contributed by atoms with Crippen LogP contribution in [0.15, 0.2) is 54.6 Å². The van der Waals surface area contributed by atoms with Crippen LogP contribution < -0.4 is 4.90 Å². The van der Waals surface area contributed by atoms with E-state index in [-0.39, 0.29) is 5.78 Å². The van der Waals surface area contributed by atoms with Gasteiger partial charge in [-0.1, -0.05) is 85.3 Å². The van der Waals surface area contributed by atoms with Gasteiger partial charge < -0.3 is 4.90 Å². The van der Waals surface area contributed by atoms with Crippen molar-refractivity contribution in [3.05, 3.63) is 71.4 Å². The van der Waals surface area contributed by atoms with Crippen molar-refractivity contribution in [2.45, 2.75) is 33.6 Å². The Labute approximate surface area is 165 Å². The van der Waals surface area contributed by atoms with Gasteiger partial charge >= 0.3 is 0 Å². The molecule has 0 spiro atoms. The van der Waals surface area contributed by atoms with Gasteiger partial charge in [0.1, 0.15) is 5.69 Å². The number of hydrogen-bond acceptors (Lipinski definition) is 4. The quantitative estimate of drug-likeness (QED) is 0.452. The van der Waals surface area contributed by atoms with Crippen LogP contribution in [0.2, 0.25) is 0 Å². The number of rotatable bonds is 8. The Bertz CT molecular complexity index is 879. The lowest BCUT2D eigenvalue weighted by molar-refractivity contribution is 0.103. The number of nitrogens with zero attached hydrogens (tertiary/aromatic N) is 2. The van der Waals surface area contributed by atoms with Crippen LogP contribution in [0, 0.1) is 6.92 Å². The lowest BCUT2D eigenvalue weighted by atomic mass is 10.0. The summed E-state index contributed by atoms with van der Waals surface area (Å²) in [6.45, 7) is 8.32. The van der Waals surface area contributed by atoms with Crippen LogP contribution in [0.3, 0.4) is 0 Å². The summed E-state index contributed by atoms with van der Waals surface area (Å²) in [4.78, 5) is 21.3. The second-order valence-electron chi connectivity index (χ2n) is 6.72. The summed E-state index contributed by atoms with van der Waals surface area (Å²) < 4.78 is 0. The second kappa shape index (κ2) is 8.96. The van der Waals surface area contributed by atoms with Gasteiger partial charge in [0.2, 0.25) is 5.78 Å². The van der Waals surface area contributed by atoms with Crippen molar-refractivity contribution in [1.29, 1.82) is 0 Å². The van der Waals surface area contributed by atoms with Crippen molar-refractivity contribution in [3.63, 3.8) is 0 Å². The van der Waals surface area contributed by atoms with Crippen LogP contribution in [0.5, 0.6) is 0 Å². The van der Waals surface area contributed by atoms with Gasteiger partial charge in [0, 0.05) is 18.7 Å². The van der Waals surface area contributed by atoms with Crippen LogP contribution in [0.1, 0.15) is 48.3 Å². The van der Waals surface area contributed by atoms with E-state index in [4.69, 9.17) is 4.98 Å². The number of hydrogen-bond donors (Lipinski definition) is 0. The molecule has 3 rings (SSSR count). The molecule has 0 aliphatic rings. The highest BCUT2D eigenvalue weighted by molar-refractivity contribution is 7.19. The van der Waals surface area contributed by atoms with Crippen LogP contribution in [-0.2, 0) is 0 Å². The first kappa shape index (κ1) is 19.3. The van der Waals surface area contributed by atoms with Crippen LogP contribution in [0.25, 0.3) is 10.4 Å². The third-order valence-electron chi connectivity index (χ3n) is 4.44. The fourth-order valence-electron chi connectivity index (χ4n) is 3.07. The fourth-order valence-corrected chi connectivity index (χ4v) is 4.19. The normalized spacial score (nSPS) is 10.8. The Kier molecular flexibility index (Phi) is 6.40. The van der Waals surface area contributed by atoms with E-state index in [9.17, 15) is 4.79 Å². The summed E-state index contributed by atoms with van der Waals surface area (Å²) in [5.74, 6) is -0.0124. The molecule has 0 bridgehead atoms. The van der Waals surface area contributed by atoms with Crippen molar-refractivity contribution in [2.75, 3.05) is 18.0 Å². The number of aryl methyl sites for hydroxylation is 1. The van der Waals surface area contributed by atoms with Crippen molar-refractivity contribution in [3.8, 4) is 10.4 Å². The molecule has 3 aromatic rings. The molecule has 0 amide bonds. The molecule has 0 unspecified atom stereocenters. The minimum Gasteiger partial charge on any atom is -0.348 e. The number of anilines is 1. The van der Waals surface area contributed by atoms with Gasteiger partial charge in [-0.2, -0.15) is 0 Å². The van der Waals surface area contributed by atoms with Gasteiger partial charge in [0.15, 0.2) is 5.13 Å². The highest BCUT2D eigenvalue weighted by Crippen LogP contribution is 2.36. The molecular weight excluding hydrogens is 352 g/mol. The largest absolute Gasteiger partial charge is 0.348 e. The number of carbonyl (C=O) groups excluding carboxylic acids is 1. The van der Waals surface area contributed by atoms with Gasteiger partial charge in [-0.05, 0) is 25.3 Å². The highest BCUT2D eigenvalue weighted by Gasteiger charge is 2.23. The zero-order valence-corrected chi connectivity index (χ0v) is 17.1. The van der Waals surface area contributed by atoms with Gasteiger partial charge in [0.25, 0.3) is 0 Å². The maximum atomic E-state index is 13.2. The summed E-state index contributed by atoms with van der Waals surface area (Å²) in [7, 11) is 0. The predicted molar refractivity (Wildman–Crippen MR) is 115 cm³/mol. The average Bonchev–Trinajstić information content (AvgIpc) is 3.14. The molecule has 1 aromatic heterocycles. The fraction of sp³-hybridized carbons (Fsp3) is 0.304. The Morgan fingerprint density at radius 2 is 1.59 bits per heavy atom. The monoisotopic (exact) mass is 378 g/mol. The molecule has 0 aliphatic carbocycles. The Morgan fingerprint density at radius 3 is 2.19 bits per heavy atom. The van der Waals surface area contributed by atoms with E-state index in [1.165, 1.54) is 5.56 Å². The summed E-state index contributed by atoms with van der Waals surface area (Å²) in [6, 6.07) is 17.8. The molecular formula is C23H26N2OS. The summed E-state index contributed by atoms with van der Waals surface area (Å²) in [6.07, 6.45) is 2.11. The van der Waals surface area contributed by atoms with E-state index < -0.39 is 0 Å². The molecule has 2 aromatic carbocycles. The van der Waals surface area contributed by atoms with Crippen molar-refractivity contribution >= 4 is 22.3 Å². The third kappa shape index (κ3) is 4.45. The average molecular weight is 379 g/mol. The zero-order chi connectivity index (χ0) is 19.2. The minimum atomic E-state index is -0.0124. The number of carbonyl (C=O) groups is 1. The smallest absolute Gasteiger partial charge is 0.212 e. The predicted octanol–water partition coefficient (Wildman–Crippen LogP) is 5.98. The molecule has 27 heavy (non-hydrogen) atoms. The number of benzene rings is 2. The first-order chi connectivity index (χ1) is 13.1. The molecule has 0 aliphatic heterocycles. The summed E-state index contributed by atoms with van der Waals surface area (Å²) in [5.41, 5.74) is 3.50. The van der Waals surface area contributed by atoms with E-state index in [1.54, 1.807) is 11.3 Å². The maximum absolute atomic E-state index is 13.2. The molecule has 0 radical (unpaired) electrons. The maximum Gasteiger partial charge on any atom is 0.212 e. The molecule has 0 atom stereocenters. The molecule has 0 saturated heterocycles. The molecule has 0 saturated carbocycles. The van der Waals surface area contributed by atoms with E-state index in [2.05, 4.69) is 49.9 Å². The topological polar surface area (TPSA) is 33.2 Å². The van der Waals surface area contributed by atoms with Gasteiger partial charge in [0.05, 0.1) is 4.88 Å². The molecule has 4 heteroatoms. The van der Waals surface area contributed by atoms with Crippen molar-refractivity contribution < 1.29 is 4.79 Å². The molecule has 3 nitrogen and oxygen atoms in total. The Morgan fingerprint density at radius 1 is 0.963 bits per heavy atom. The van der Waals surface area contributed by atoms with Crippen LogP contribution >= 0.6 is 11.3 Å². The standard InChI is InChI=1S/C23H26N2OS/c1-4-15-25(16-5-2)23-24-20(21(26)18-9-7-6-8-10-18)22(27-23)19-13-11-17(3)12-14-19/h6-14H,4-5,15-16H2,1-3H3. The van der Waals surface area contributed by atoms with Crippen molar-refractivity contribution in [2.24, 2.45) is 0 Å². The van der Waals surface area contributed by atoms with E-state index >= 15 is 0 Å². The lowest BCUT2D eigenvalue weighted by Crippen LogP contribution is -2.24. The van der Waals surface area contributed by atoms with Crippen LogP contribution in [0.4, 0.5) is 5.13 Å². The minimum absolute atomic E-state index is 0.0124. The summed E-state index contributed by atoms with van der Waals surface area (Å²) in [5, 5.41) is 0.938. The lowest BCUT2D eigenvalue weighted by Gasteiger charge is -2.19. The third-order valence-corrected chi connectivity index (χ3v) is 5.60. The van der Waals surface area contributed by atoms with E-state index in [0.29, 0.717) is 11.3 Å². The van der Waals surface area contributed by atoms with Crippen molar-refractivity contribution in [1.82, 2.24) is 4.98 Å². The molecule has 0 N–H and O–H groups in total. The second-order valence-corrected chi connectivity index (χ2v) is 7.70. The molecule has 1 heterocycles. The number of ketones is 1. The SMILES string of the molecule is CCCN(CCC)c1nc(C(=O)c2ccccc2)c(-c2ccc(C)cc2)s1. The first-order valence-electron chi connectivity index (χ1n) is 9.56. The highest BCUT2D eigenvalue weighted by atomic mass is 32.1. The Balaban J connectivity index is 2.08. The zero-order valence-electron chi connectivity index (χ0n) is 16.2. The number of aromatic nitrogens is 1. The first-order valence-corrected chi connectivity index (χ1v) is 10.4. The summed E-state index contributed by atoms with van der Waals surface area (Å²) >= 11 is 1.62. The van der Waals surface area contributed by atoms with E-state index in [0.717, 1.165) is 41.5 Å². The van der Waals surface area contributed by atoms with E-state index in [1.807, 2.05) is 30.3 Å².